The third-order valence-corrected chi connectivity index (χ3v) is 6.14. The summed E-state index contributed by atoms with van der Waals surface area (Å²) in [5.74, 6) is 0.569. The Morgan fingerprint density at radius 1 is 1.10 bits per heavy atom. The minimum Gasteiger partial charge on any atom is -0.389 e. The molecule has 5 rings (SSSR count). The number of rotatable bonds is 3. The minimum atomic E-state index is -0.427. The van der Waals surface area contributed by atoms with E-state index in [4.69, 9.17) is 11.6 Å². The van der Waals surface area contributed by atoms with E-state index in [1.54, 1.807) is 18.7 Å². The summed E-state index contributed by atoms with van der Waals surface area (Å²) in [6, 6.07) is 7.53. The average molecular weight is 429 g/mol. The molecule has 10 heteroatoms. The van der Waals surface area contributed by atoms with Gasteiger partial charge in [0.05, 0.1) is 12.6 Å². The molecule has 0 atom stereocenters. The number of anilines is 1. The van der Waals surface area contributed by atoms with Crippen LogP contribution >= 0.6 is 11.6 Å². The van der Waals surface area contributed by atoms with Crippen LogP contribution in [0.1, 0.15) is 5.69 Å². The molecule has 0 radical (unpaired) electrons. The van der Waals surface area contributed by atoms with Crippen LogP contribution in [-0.4, -0.2) is 47.6 Å². The highest BCUT2D eigenvalue weighted by Gasteiger charge is 2.30. The van der Waals surface area contributed by atoms with Crippen molar-refractivity contribution in [2.75, 3.05) is 18.0 Å². The topological polar surface area (TPSA) is 90.2 Å². The summed E-state index contributed by atoms with van der Waals surface area (Å²) in [6.45, 7) is 1.04. The molecule has 4 heterocycles. The van der Waals surface area contributed by atoms with Gasteiger partial charge in [-0.05, 0) is 24.3 Å². The summed E-state index contributed by atoms with van der Waals surface area (Å²) in [6.07, 6.45) is -0.398. The van der Waals surface area contributed by atoms with Gasteiger partial charge in [0.15, 0.2) is 11.2 Å². The lowest BCUT2D eigenvalue weighted by Crippen LogP contribution is -2.51. The molecular weight excluding hydrogens is 408 g/mol. The van der Waals surface area contributed by atoms with E-state index in [-0.39, 0.29) is 6.54 Å². The molecule has 0 spiro atoms. The average Bonchev–Trinajstić information content (AvgIpc) is 3.18. The molecule has 1 N–H and O–H groups in total. The summed E-state index contributed by atoms with van der Waals surface area (Å²) in [7, 11) is 5.27. The lowest BCUT2D eigenvalue weighted by atomic mass is 10.2. The molecule has 0 aliphatic carbocycles. The first-order valence-corrected chi connectivity index (χ1v) is 9.97. The standard InChI is InChI=1S/C20H21ClN6O3/c1-23-13(7-11-6-12(21)4-5-15(11)23)8-27-18(29)16-17(25(3)20(27)30)22-19(24(16)2)26-9-14(28)10-26/h4-7,14,28H,8-10H2,1-3H3. The van der Waals surface area contributed by atoms with E-state index in [0.717, 1.165) is 16.6 Å². The highest BCUT2D eigenvalue weighted by molar-refractivity contribution is 6.31. The number of aromatic nitrogens is 5. The molecule has 4 aromatic rings. The lowest BCUT2D eigenvalue weighted by Gasteiger charge is -2.36. The fourth-order valence-corrected chi connectivity index (χ4v) is 4.34. The van der Waals surface area contributed by atoms with Gasteiger partial charge in [-0.3, -0.25) is 13.9 Å². The minimum absolute atomic E-state index is 0.132. The maximum atomic E-state index is 13.3. The van der Waals surface area contributed by atoms with Crippen molar-refractivity contribution in [2.45, 2.75) is 12.6 Å². The summed E-state index contributed by atoms with van der Waals surface area (Å²) < 4.78 is 6.28. The summed E-state index contributed by atoms with van der Waals surface area (Å²) in [4.78, 5) is 32.7. The monoisotopic (exact) mass is 428 g/mol. The smallest absolute Gasteiger partial charge is 0.332 e. The van der Waals surface area contributed by atoms with E-state index in [1.807, 2.05) is 40.8 Å². The Kier molecular flexibility index (Phi) is 4.09. The van der Waals surface area contributed by atoms with Crippen molar-refractivity contribution in [1.29, 1.82) is 0 Å². The number of aryl methyl sites for hydroxylation is 3. The first kappa shape index (κ1) is 19.0. The van der Waals surface area contributed by atoms with Gasteiger partial charge in [0, 0.05) is 55.9 Å². The maximum absolute atomic E-state index is 13.3. The van der Waals surface area contributed by atoms with E-state index in [9.17, 15) is 14.7 Å². The van der Waals surface area contributed by atoms with Crippen LogP contribution in [0.25, 0.3) is 22.1 Å². The second-order valence-corrected chi connectivity index (χ2v) is 8.27. The largest absolute Gasteiger partial charge is 0.389 e. The molecule has 9 nitrogen and oxygen atoms in total. The number of β-amino-alcohol motifs (C(OH)–C–C–N with tert-alkyl or cyclic N) is 1. The van der Waals surface area contributed by atoms with E-state index in [0.29, 0.717) is 35.2 Å². The third-order valence-electron chi connectivity index (χ3n) is 5.91. The quantitative estimate of drug-likeness (QED) is 0.521. The van der Waals surface area contributed by atoms with E-state index in [1.165, 1.54) is 9.13 Å². The van der Waals surface area contributed by atoms with Crippen molar-refractivity contribution in [1.82, 2.24) is 23.3 Å². The van der Waals surface area contributed by atoms with Crippen LogP contribution in [-0.2, 0) is 27.7 Å². The van der Waals surface area contributed by atoms with E-state index in [2.05, 4.69) is 4.98 Å². The highest BCUT2D eigenvalue weighted by Crippen LogP contribution is 2.24. The van der Waals surface area contributed by atoms with Gasteiger partial charge >= 0.3 is 5.69 Å². The number of hydrogen-bond acceptors (Lipinski definition) is 5. The van der Waals surface area contributed by atoms with Gasteiger partial charge in [-0.2, -0.15) is 4.98 Å². The Morgan fingerprint density at radius 2 is 1.83 bits per heavy atom. The van der Waals surface area contributed by atoms with Crippen LogP contribution in [0, 0.1) is 0 Å². The van der Waals surface area contributed by atoms with Gasteiger partial charge in [-0.15, -0.1) is 0 Å². The first-order chi connectivity index (χ1) is 14.3. The molecule has 1 aliphatic heterocycles. The number of imidazole rings is 1. The van der Waals surface area contributed by atoms with Gasteiger partial charge in [0.1, 0.15) is 0 Å². The second kappa shape index (κ2) is 6.48. The van der Waals surface area contributed by atoms with Gasteiger partial charge in [0.2, 0.25) is 5.95 Å². The Bertz CT molecular complexity index is 1440. The summed E-state index contributed by atoms with van der Waals surface area (Å²) in [5, 5.41) is 11.2. The number of aliphatic hydroxyl groups is 1. The molecule has 1 saturated heterocycles. The molecule has 1 aliphatic rings. The van der Waals surface area contributed by atoms with Crippen LogP contribution in [0.3, 0.4) is 0 Å². The predicted octanol–water partition coefficient (Wildman–Crippen LogP) is 0.808. The van der Waals surface area contributed by atoms with E-state index < -0.39 is 17.4 Å². The first-order valence-electron chi connectivity index (χ1n) is 9.59. The van der Waals surface area contributed by atoms with Crippen molar-refractivity contribution in [2.24, 2.45) is 21.1 Å². The van der Waals surface area contributed by atoms with Gasteiger partial charge < -0.3 is 19.1 Å². The second-order valence-electron chi connectivity index (χ2n) is 7.83. The zero-order valence-corrected chi connectivity index (χ0v) is 17.6. The molecule has 0 bridgehead atoms. The summed E-state index contributed by atoms with van der Waals surface area (Å²) in [5.41, 5.74) is 1.67. The Morgan fingerprint density at radius 3 is 2.53 bits per heavy atom. The van der Waals surface area contributed by atoms with Crippen LogP contribution in [0.15, 0.2) is 33.9 Å². The predicted molar refractivity (Wildman–Crippen MR) is 115 cm³/mol. The van der Waals surface area contributed by atoms with Crippen molar-refractivity contribution in [3.8, 4) is 0 Å². The van der Waals surface area contributed by atoms with Crippen molar-refractivity contribution in [3.05, 3.63) is 55.8 Å². The molecule has 3 aromatic heterocycles. The molecule has 30 heavy (non-hydrogen) atoms. The van der Waals surface area contributed by atoms with Crippen LogP contribution in [0.2, 0.25) is 5.02 Å². The Labute approximate surface area is 175 Å². The molecule has 0 unspecified atom stereocenters. The fraction of sp³-hybridized carbons (Fsp3) is 0.350. The number of benzene rings is 1. The number of fused-ring (bicyclic) bond motifs is 2. The SMILES string of the molecule is Cn1c(Cn2c(=O)c3c(nc(N4CC(O)C4)n3C)n(C)c2=O)cc2cc(Cl)ccc21. The van der Waals surface area contributed by atoms with Crippen LogP contribution in [0.4, 0.5) is 5.95 Å². The summed E-state index contributed by atoms with van der Waals surface area (Å²) >= 11 is 6.10. The number of nitrogens with zero attached hydrogens (tertiary/aromatic N) is 6. The fourth-order valence-electron chi connectivity index (χ4n) is 4.16. The van der Waals surface area contributed by atoms with Crippen molar-refractivity contribution < 1.29 is 5.11 Å². The zero-order chi connectivity index (χ0) is 21.3. The number of aliphatic hydroxyl groups excluding tert-OH is 1. The molecule has 156 valence electrons. The molecule has 1 fully saturated rings. The number of hydrogen-bond donors (Lipinski definition) is 1. The number of halogens is 1. The normalized spacial score (nSPS) is 14.8. The molecule has 0 saturated carbocycles. The van der Waals surface area contributed by atoms with Gasteiger partial charge in [0.25, 0.3) is 5.56 Å². The Hall–Kier alpha value is -3.04. The lowest BCUT2D eigenvalue weighted by molar-refractivity contribution is 0.140. The maximum Gasteiger partial charge on any atom is 0.332 e. The zero-order valence-electron chi connectivity index (χ0n) is 16.8. The third kappa shape index (κ3) is 2.62. The van der Waals surface area contributed by atoms with Crippen LogP contribution < -0.4 is 16.1 Å². The van der Waals surface area contributed by atoms with Crippen molar-refractivity contribution in [3.63, 3.8) is 0 Å². The van der Waals surface area contributed by atoms with E-state index >= 15 is 0 Å². The molecular formula is C20H21ClN6O3. The van der Waals surface area contributed by atoms with Crippen molar-refractivity contribution >= 4 is 39.6 Å². The Balaban J connectivity index is 1.67. The van der Waals surface area contributed by atoms with Gasteiger partial charge in [-0.25, -0.2) is 4.79 Å². The van der Waals surface area contributed by atoms with Gasteiger partial charge in [-0.1, -0.05) is 11.6 Å². The molecule has 1 aromatic carbocycles. The van der Waals surface area contributed by atoms with Crippen LogP contribution in [0.5, 0.6) is 0 Å². The highest BCUT2D eigenvalue weighted by atomic mass is 35.5. The molecule has 0 amide bonds.